The van der Waals surface area contributed by atoms with Gasteiger partial charge < -0.3 is 9.73 Å². The zero-order valence-corrected chi connectivity index (χ0v) is 16.1. The summed E-state index contributed by atoms with van der Waals surface area (Å²) in [7, 11) is 0. The van der Waals surface area contributed by atoms with Gasteiger partial charge in [0, 0.05) is 22.3 Å². The van der Waals surface area contributed by atoms with E-state index in [1.54, 1.807) is 0 Å². The molecule has 0 atom stereocenters. The Balaban J connectivity index is 1.72. The van der Waals surface area contributed by atoms with Crippen LogP contribution in [0, 0.1) is 0 Å². The molecule has 1 N–H and O–H groups in total. The molecule has 5 heteroatoms. The number of para-hydroxylation sites is 1. The zero-order valence-electron chi connectivity index (χ0n) is 15.3. The van der Waals surface area contributed by atoms with Crippen molar-refractivity contribution >= 4 is 39.7 Å². The predicted octanol–water partition coefficient (Wildman–Crippen LogP) is 6.71. The number of furan rings is 1. The third kappa shape index (κ3) is 2.92. The van der Waals surface area contributed by atoms with Gasteiger partial charge in [-0.3, -0.25) is 4.40 Å². The molecule has 0 unspecified atom stereocenters. The third-order valence-corrected chi connectivity index (χ3v) is 5.08. The lowest BCUT2D eigenvalue weighted by atomic mass is 10.2. The molecule has 3 aromatic heterocycles. The largest absolute Gasteiger partial charge is 0.454 e. The zero-order chi connectivity index (χ0) is 19.1. The summed E-state index contributed by atoms with van der Waals surface area (Å²) in [6, 6.07) is 21.9. The Labute approximate surface area is 167 Å². The number of pyridine rings is 1. The van der Waals surface area contributed by atoms with E-state index in [0.29, 0.717) is 5.02 Å². The van der Waals surface area contributed by atoms with E-state index in [1.807, 2.05) is 65.2 Å². The SMILES string of the molecule is CCc1ccn2c(Nc3cccc(Cl)c3)c(-c3cc4ccccc4o3)nc2c1. The number of nitrogens with zero attached hydrogens (tertiary/aromatic N) is 2. The number of aromatic nitrogens is 2. The molecule has 0 aliphatic rings. The molecule has 5 rings (SSSR count). The molecular weight excluding hydrogens is 370 g/mol. The Kier molecular flexibility index (Phi) is 4.06. The highest BCUT2D eigenvalue weighted by Crippen LogP contribution is 2.35. The summed E-state index contributed by atoms with van der Waals surface area (Å²) in [4.78, 5) is 4.88. The van der Waals surface area contributed by atoms with Crippen LogP contribution in [0.15, 0.2) is 77.3 Å². The molecule has 28 heavy (non-hydrogen) atoms. The number of hydrogen-bond acceptors (Lipinski definition) is 3. The van der Waals surface area contributed by atoms with Crippen LogP contribution in [0.25, 0.3) is 28.1 Å². The summed E-state index contributed by atoms with van der Waals surface area (Å²) in [5.74, 6) is 1.58. The highest BCUT2D eigenvalue weighted by molar-refractivity contribution is 6.30. The van der Waals surface area contributed by atoms with Crippen molar-refractivity contribution in [3.63, 3.8) is 0 Å². The van der Waals surface area contributed by atoms with Crippen LogP contribution in [0.2, 0.25) is 5.02 Å². The molecule has 138 valence electrons. The van der Waals surface area contributed by atoms with Crippen molar-refractivity contribution in [3.8, 4) is 11.5 Å². The van der Waals surface area contributed by atoms with Gasteiger partial charge in [0.15, 0.2) is 5.76 Å². The molecule has 4 nitrogen and oxygen atoms in total. The van der Waals surface area contributed by atoms with Gasteiger partial charge >= 0.3 is 0 Å². The van der Waals surface area contributed by atoms with Crippen molar-refractivity contribution in [1.29, 1.82) is 0 Å². The number of imidazole rings is 1. The normalized spacial score (nSPS) is 11.4. The summed E-state index contributed by atoms with van der Waals surface area (Å²) in [6.45, 7) is 2.14. The summed E-state index contributed by atoms with van der Waals surface area (Å²) in [5, 5.41) is 5.20. The number of hydrogen-bond donors (Lipinski definition) is 1. The van der Waals surface area contributed by atoms with Gasteiger partial charge in [-0.1, -0.05) is 42.8 Å². The maximum absolute atomic E-state index is 6.17. The van der Waals surface area contributed by atoms with Crippen LogP contribution in [0.5, 0.6) is 0 Å². The first kappa shape index (κ1) is 16.9. The molecule has 0 bridgehead atoms. The Hall–Kier alpha value is -3.24. The average molecular weight is 388 g/mol. The van der Waals surface area contributed by atoms with Gasteiger partial charge in [0.25, 0.3) is 0 Å². The van der Waals surface area contributed by atoms with Crippen LogP contribution >= 0.6 is 11.6 Å². The molecule has 0 saturated heterocycles. The number of rotatable bonds is 4. The number of nitrogens with one attached hydrogen (secondary N) is 1. The van der Waals surface area contributed by atoms with Crippen LogP contribution in [-0.2, 0) is 6.42 Å². The summed E-state index contributed by atoms with van der Waals surface area (Å²) in [5.41, 5.74) is 4.62. The van der Waals surface area contributed by atoms with Gasteiger partial charge in [0.05, 0.1) is 0 Å². The van der Waals surface area contributed by atoms with E-state index < -0.39 is 0 Å². The first-order chi connectivity index (χ1) is 13.7. The summed E-state index contributed by atoms with van der Waals surface area (Å²) >= 11 is 6.17. The van der Waals surface area contributed by atoms with Crippen molar-refractivity contribution in [3.05, 3.63) is 83.5 Å². The Morgan fingerprint density at radius 3 is 2.75 bits per heavy atom. The second kappa shape index (κ2) is 6.73. The topological polar surface area (TPSA) is 42.5 Å². The van der Waals surface area contributed by atoms with Gasteiger partial charge in [-0.25, -0.2) is 4.98 Å². The van der Waals surface area contributed by atoms with Crippen molar-refractivity contribution < 1.29 is 4.42 Å². The molecule has 5 aromatic rings. The lowest BCUT2D eigenvalue weighted by molar-refractivity contribution is 0.629. The predicted molar refractivity (Wildman–Crippen MR) is 115 cm³/mol. The maximum atomic E-state index is 6.17. The highest BCUT2D eigenvalue weighted by atomic mass is 35.5. The summed E-state index contributed by atoms with van der Waals surface area (Å²) in [6.07, 6.45) is 3.00. The third-order valence-electron chi connectivity index (χ3n) is 4.85. The van der Waals surface area contributed by atoms with Gasteiger partial charge in [-0.2, -0.15) is 0 Å². The van der Waals surface area contributed by atoms with Crippen LogP contribution in [0.1, 0.15) is 12.5 Å². The first-order valence-electron chi connectivity index (χ1n) is 9.24. The Morgan fingerprint density at radius 2 is 1.93 bits per heavy atom. The molecule has 3 heterocycles. The molecule has 0 fully saturated rings. The molecule has 0 saturated carbocycles. The van der Waals surface area contributed by atoms with E-state index in [4.69, 9.17) is 21.0 Å². The molecule has 0 aliphatic carbocycles. The lowest BCUT2D eigenvalue weighted by Crippen LogP contribution is -1.97. The Morgan fingerprint density at radius 1 is 1.04 bits per heavy atom. The minimum Gasteiger partial charge on any atom is -0.454 e. The summed E-state index contributed by atoms with van der Waals surface area (Å²) < 4.78 is 8.14. The molecule has 2 aromatic carbocycles. The van der Waals surface area contributed by atoms with Crippen LogP contribution < -0.4 is 5.32 Å². The van der Waals surface area contributed by atoms with Crippen LogP contribution in [0.4, 0.5) is 11.5 Å². The number of halogens is 1. The number of aryl methyl sites for hydroxylation is 1. The number of fused-ring (bicyclic) bond motifs is 2. The quantitative estimate of drug-likeness (QED) is 0.372. The standard InChI is InChI=1S/C23H18ClN3O/c1-2-15-10-11-27-21(12-15)26-22(20-13-16-6-3-4-9-19(16)28-20)23(27)25-18-8-5-7-17(24)14-18/h3-14,25H,2H2,1H3. The van der Waals surface area contributed by atoms with Crippen molar-refractivity contribution in [1.82, 2.24) is 9.38 Å². The van der Waals surface area contributed by atoms with Crippen LogP contribution in [-0.4, -0.2) is 9.38 Å². The van der Waals surface area contributed by atoms with E-state index in [-0.39, 0.29) is 0 Å². The number of anilines is 2. The average Bonchev–Trinajstić information content (AvgIpc) is 3.29. The smallest absolute Gasteiger partial charge is 0.157 e. The van der Waals surface area contributed by atoms with Crippen molar-refractivity contribution in [2.45, 2.75) is 13.3 Å². The van der Waals surface area contributed by atoms with Gasteiger partial charge in [0.2, 0.25) is 0 Å². The molecule has 0 aliphatic heterocycles. The van der Waals surface area contributed by atoms with E-state index in [0.717, 1.165) is 46.0 Å². The number of benzene rings is 2. The van der Waals surface area contributed by atoms with E-state index >= 15 is 0 Å². The highest BCUT2D eigenvalue weighted by Gasteiger charge is 2.18. The Bertz CT molecular complexity index is 1270. The second-order valence-corrected chi connectivity index (χ2v) is 7.15. The van der Waals surface area contributed by atoms with Crippen molar-refractivity contribution in [2.75, 3.05) is 5.32 Å². The molecule has 0 radical (unpaired) electrons. The van der Waals surface area contributed by atoms with Gasteiger partial charge in [0.1, 0.15) is 22.7 Å². The van der Waals surface area contributed by atoms with E-state index in [9.17, 15) is 0 Å². The van der Waals surface area contributed by atoms with Crippen molar-refractivity contribution in [2.24, 2.45) is 0 Å². The minimum absolute atomic E-state index is 0.678. The first-order valence-corrected chi connectivity index (χ1v) is 9.61. The molecule has 0 spiro atoms. The molecule has 0 amide bonds. The molecular formula is C23H18ClN3O. The van der Waals surface area contributed by atoms with E-state index in [2.05, 4.69) is 24.4 Å². The fourth-order valence-corrected chi connectivity index (χ4v) is 3.59. The van der Waals surface area contributed by atoms with Gasteiger partial charge in [-0.05, 0) is 54.4 Å². The fraction of sp³-hybridized carbons (Fsp3) is 0.0870. The second-order valence-electron chi connectivity index (χ2n) is 6.71. The monoisotopic (exact) mass is 387 g/mol. The van der Waals surface area contributed by atoms with Gasteiger partial charge in [-0.15, -0.1) is 0 Å². The minimum atomic E-state index is 0.678. The fourth-order valence-electron chi connectivity index (χ4n) is 3.40. The van der Waals surface area contributed by atoms with E-state index in [1.165, 1.54) is 5.56 Å². The lowest BCUT2D eigenvalue weighted by Gasteiger charge is -2.08. The van der Waals surface area contributed by atoms with Crippen LogP contribution in [0.3, 0.4) is 0 Å². The maximum Gasteiger partial charge on any atom is 0.157 e.